The number of morpholine rings is 1. The van der Waals surface area contributed by atoms with E-state index in [0.29, 0.717) is 19.8 Å². The van der Waals surface area contributed by atoms with E-state index in [0.717, 1.165) is 43.2 Å². The first-order chi connectivity index (χ1) is 14.8. The maximum Gasteiger partial charge on any atom is 0.434 e. The predicted molar refractivity (Wildman–Crippen MR) is 107 cm³/mol. The third-order valence-electron chi connectivity index (χ3n) is 7.73. The van der Waals surface area contributed by atoms with Crippen molar-refractivity contribution in [3.05, 3.63) is 17.5 Å². The van der Waals surface area contributed by atoms with E-state index in [1.165, 1.54) is 30.6 Å². The monoisotopic (exact) mass is 438 g/mol. The molecule has 1 amide bonds. The molecule has 1 aliphatic heterocycles. The van der Waals surface area contributed by atoms with Crippen molar-refractivity contribution in [1.29, 1.82) is 0 Å². The van der Waals surface area contributed by atoms with Gasteiger partial charge in [0, 0.05) is 25.8 Å². The van der Waals surface area contributed by atoms with Crippen LogP contribution in [0.4, 0.5) is 19.1 Å². The summed E-state index contributed by atoms with van der Waals surface area (Å²) in [5.41, 5.74) is -1.53. The molecule has 4 bridgehead atoms. The first-order valence-electron chi connectivity index (χ1n) is 11.4. The molecular weight excluding hydrogens is 409 g/mol. The average Bonchev–Trinajstić information content (AvgIpc) is 2.95. The number of nitrogens with zero attached hydrogens (tertiary/aromatic N) is 3. The molecule has 0 spiro atoms. The largest absolute Gasteiger partial charge is 0.434 e. The van der Waals surface area contributed by atoms with Crippen molar-refractivity contribution in [2.75, 3.05) is 38.2 Å². The molecule has 31 heavy (non-hydrogen) atoms. The third-order valence-corrected chi connectivity index (χ3v) is 7.73. The number of hydrogen-bond donors (Lipinski definition) is 1. The zero-order valence-corrected chi connectivity index (χ0v) is 17.6. The standard InChI is InChI=1S/C22H29F3N4O2/c23-22(24,25)18-17(19(30)29-3-5-31-6-4-29)12-26-20(28-18)27-13-21-2-1-14-7-15(10-21)9-16(8-14)11-21/h12,14-16H,1-11,13H2,(H,26,27,28). The number of anilines is 1. The van der Waals surface area contributed by atoms with Crippen LogP contribution in [-0.4, -0.2) is 53.6 Å². The van der Waals surface area contributed by atoms with Crippen LogP contribution in [0.3, 0.4) is 0 Å². The smallest absolute Gasteiger partial charge is 0.378 e. The summed E-state index contributed by atoms with van der Waals surface area (Å²) in [5.74, 6) is 1.59. The first-order valence-corrected chi connectivity index (χ1v) is 11.4. The molecule has 1 N–H and O–H groups in total. The Kier molecular flexibility index (Phi) is 5.35. The molecule has 6 nitrogen and oxygen atoms in total. The molecule has 0 aromatic carbocycles. The molecule has 5 fully saturated rings. The molecule has 1 aromatic heterocycles. The molecular formula is C22H29F3N4O2. The van der Waals surface area contributed by atoms with Gasteiger partial charge in [-0.2, -0.15) is 13.2 Å². The highest BCUT2D eigenvalue weighted by atomic mass is 19.4. The molecule has 6 rings (SSSR count). The normalized spacial score (nSPS) is 32.7. The van der Waals surface area contributed by atoms with Crippen molar-refractivity contribution in [1.82, 2.24) is 14.9 Å². The minimum absolute atomic E-state index is 0.0426. The van der Waals surface area contributed by atoms with Gasteiger partial charge in [0.2, 0.25) is 5.95 Å². The Bertz CT molecular complexity index is 827. The molecule has 2 heterocycles. The third kappa shape index (κ3) is 4.25. The highest BCUT2D eigenvalue weighted by Gasteiger charge is 2.47. The van der Waals surface area contributed by atoms with E-state index in [1.54, 1.807) is 0 Å². The summed E-state index contributed by atoms with van der Waals surface area (Å²) in [6.45, 7) is 1.77. The number of carbonyl (C=O) groups excluding carboxylic acids is 1. The minimum atomic E-state index is -4.73. The van der Waals surface area contributed by atoms with E-state index < -0.39 is 23.3 Å². The van der Waals surface area contributed by atoms with Gasteiger partial charge in [-0.25, -0.2) is 9.97 Å². The van der Waals surface area contributed by atoms with Crippen LogP contribution in [0.25, 0.3) is 0 Å². The summed E-state index contributed by atoms with van der Waals surface area (Å²) in [6, 6.07) is 0. The van der Waals surface area contributed by atoms with E-state index in [4.69, 9.17) is 4.74 Å². The second kappa shape index (κ2) is 7.90. The summed E-state index contributed by atoms with van der Waals surface area (Å²) >= 11 is 0. The second-order valence-electron chi connectivity index (χ2n) is 9.96. The Hall–Kier alpha value is -1.90. The minimum Gasteiger partial charge on any atom is -0.378 e. The molecule has 0 radical (unpaired) electrons. The SMILES string of the molecule is O=C(c1cnc(NCC23CCC4CC(CC(C4)C2)C3)nc1C(F)(F)F)N1CCOCC1. The van der Waals surface area contributed by atoms with E-state index in [1.807, 2.05) is 0 Å². The number of carbonyl (C=O) groups is 1. The maximum atomic E-state index is 13.7. The lowest BCUT2D eigenvalue weighted by atomic mass is 9.61. The zero-order valence-electron chi connectivity index (χ0n) is 17.6. The Morgan fingerprint density at radius 3 is 2.52 bits per heavy atom. The molecule has 4 aliphatic carbocycles. The van der Waals surface area contributed by atoms with Crippen molar-refractivity contribution in [3.8, 4) is 0 Å². The highest BCUT2D eigenvalue weighted by molar-refractivity contribution is 5.95. The van der Waals surface area contributed by atoms with Crippen molar-refractivity contribution in [3.63, 3.8) is 0 Å². The van der Waals surface area contributed by atoms with E-state index in [2.05, 4.69) is 15.3 Å². The maximum absolute atomic E-state index is 13.7. The molecule has 1 saturated heterocycles. The van der Waals surface area contributed by atoms with Gasteiger partial charge in [0.25, 0.3) is 5.91 Å². The van der Waals surface area contributed by atoms with Crippen molar-refractivity contribution >= 4 is 11.9 Å². The van der Waals surface area contributed by atoms with Gasteiger partial charge in [-0.05, 0) is 68.1 Å². The average molecular weight is 438 g/mol. The van der Waals surface area contributed by atoms with Gasteiger partial charge in [0.05, 0.1) is 18.8 Å². The number of nitrogens with one attached hydrogen (secondary N) is 1. The number of halogens is 3. The quantitative estimate of drug-likeness (QED) is 0.770. The van der Waals surface area contributed by atoms with Crippen LogP contribution >= 0.6 is 0 Å². The lowest BCUT2D eigenvalue weighted by Gasteiger charge is -2.45. The molecule has 1 aromatic rings. The fraction of sp³-hybridized carbons (Fsp3) is 0.773. The van der Waals surface area contributed by atoms with Gasteiger partial charge >= 0.3 is 6.18 Å². The van der Waals surface area contributed by atoms with Crippen LogP contribution in [0.2, 0.25) is 0 Å². The van der Waals surface area contributed by atoms with Crippen LogP contribution in [0.5, 0.6) is 0 Å². The lowest BCUT2D eigenvalue weighted by Crippen LogP contribution is -2.41. The van der Waals surface area contributed by atoms with Gasteiger partial charge in [0.15, 0.2) is 5.69 Å². The molecule has 170 valence electrons. The molecule has 2 atom stereocenters. The fourth-order valence-corrected chi connectivity index (χ4v) is 6.57. The summed E-state index contributed by atoms with van der Waals surface area (Å²) in [5, 5.41) is 3.12. The highest BCUT2D eigenvalue weighted by Crippen LogP contribution is 2.57. The Morgan fingerprint density at radius 1 is 1.16 bits per heavy atom. The summed E-state index contributed by atoms with van der Waals surface area (Å²) in [7, 11) is 0. The Morgan fingerprint density at radius 2 is 1.84 bits per heavy atom. The van der Waals surface area contributed by atoms with Crippen LogP contribution in [0.1, 0.15) is 61.0 Å². The van der Waals surface area contributed by atoms with Crippen molar-refractivity contribution < 1.29 is 22.7 Å². The topological polar surface area (TPSA) is 67.4 Å². The van der Waals surface area contributed by atoms with E-state index in [-0.39, 0.29) is 24.5 Å². The van der Waals surface area contributed by atoms with Gasteiger partial charge in [-0.3, -0.25) is 4.79 Å². The molecule has 4 saturated carbocycles. The van der Waals surface area contributed by atoms with E-state index in [9.17, 15) is 18.0 Å². The van der Waals surface area contributed by atoms with Crippen molar-refractivity contribution in [2.24, 2.45) is 23.2 Å². The Balaban J connectivity index is 1.35. The number of rotatable bonds is 4. The fourth-order valence-electron chi connectivity index (χ4n) is 6.57. The first kappa shape index (κ1) is 21.0. The van der Waals surface area contributed by atoms with Gasteiger partial charge in [0.1, 0.15) is 0 Å². The number of aromatic nitrogens is 2. The predicted octanol–water partition coefficient (Wildman–Crippen LogP) is 3.99. The lowest BCUT2D eigenvalue weighted by molar-refractivity contribution is -0.141. The zero-order chi connectivity index (χ0) is 21.6. The van der Waals surface area contributed by atoms with E-state index >= 15 is 0 Å². The number of hydrogen-bond acceptors (Lipinski definition) is 5. The van der Waals surface area contributed by atoms with Gasteiger partial charge in [-0.15, -0.1) is 0 Å². The molecule has 9 heteroatoms. The Labute approximate surface area is 179 Å². The number of fused-ring (bicyclic) bond motifs is 1. The second-order valence-corrected chi connectivity index (χ2v) is 9.96. The summed E-state index contributed by atoms with van der Waals surface area (Å²) in [4.78, 5) is 21.9. The summed E-state index contributed by atoms with van der Waals surface area (Å²) < 4.78 is 46.4. The number of amides is 1. The van der Waals surface area contributed by atoms with Crippen molar-refractivity contribution in [2.45, 2.75) is 51.1 Å². The van der Waals surface area contributed by atoms with Crippen LogP contribution in [0, 0.1) is 23.2 Å². The number of ether oxygens (including phenoxy) is 1. The number of alkyl halides is 3. The van der Waals surface area contributed by atoms with Crippen LogP contribution < -0.4 is 5.32 Å². The van der Waals surface area contributed by atoms with Gasteiger partial charge < -0.3 is 15.0 Å². The molecule has 5 aliphatic rings. The molecule has 2 unspecified atom stereocenters. The van der Waals surface area contributed by atoms with Crippen LogP contribution in [0.15, 0.2) is 6.20 Å². The van der Waals surface area contributed by atoms with Crippen LogP contribution in [-0.2, 0) is 10.9 Å². The summed E-state index contributed by atoms with van der Waals surface area (Å²) in [6.07, 6.45) is 4.87. The van der Waals surface area contributed by atoms with Gasteiger partial charge in [-0.1, -0.05) is 0 Å².